The van der Waals surface area contributed by atoms with Crippen LogP contribution in [0.3, 0.4) is 0 Å². The summed E-state index contributed by atoms with van der Waals surface area (Å²) in [5.74, 6) is 1.90. The van der Waals surface area contributed by atoms with Crippen LogP contribution in [0.4, 0.5) is 4.79 Å². The van der Waals surface area contributed by atoms with Crippen molar-refractivity contribution >= 4 is 6.03 Å². The minimum Gasteiger partial charge on any atom is -0.466 e. The molecule has 0 unspecified atom stereocenters. The third-order valence-electron chi connectivity index (χ3n) is 5.30. The highest BCUT2D eigenvalue weighted by molar-refractivity contribution is 5.74. The molecule has 2 N–H and O–H groups in total. The van der Waals surface area contributed by atoms with Crippen molar-refractivity contribution in [3.63, 3.8) is 0 Å². The summed E-state index contributed by atoms with van der Waals surface area (Å²) in [6.45, 7) is 7.13. The quantitative estimate of drug-likeness (QED) is 0.866. The predicted octanol–water partition coefficient (Wildman–Crippen LogP) is 4.11. The maximum atomic E-state index is 12.6. The molecule has 0 bridgehead atoms. The van der Waals surface area contributed by atoms with E-state index in [0.717, 1.165) is 35.5 Å². The lowest BCUT2D eigenvalue weighted by atomic mass is 9.87. The monoisotopic (exact) mass is 356 g/mol. The van der Waals surface area contributed by atoms with Crippen LogP contribution in [0.2, 0.25) is 0 Å². The van der Waals surface area contributed by atoms with Crippen molar-refractivity contribution in [2.75, 3.05) is 13.1 Å². The molecule has 1 aromatic carbocycles. The SMILES string of the molecule is Cc1cc([C@H](C)NC(=O)N2CCC([C@@H](O)c3ccccc3)CC2)c(C)o1. The Labute approximate surface area is 155 Å². The van der Waals surface area contributed by atoms with Crippen molar-refractivity contribution in [3.05, 3.63) is 59.0 Å². The predicted molar refractivity (Wildman–Crippen MR) is 101 cm³/mol. The van der Waals surface area contributed by atoms with Crippen molar-refractivity contribution < 1.29 is 14.3 Å². The molecule has 0 radical (unpaired) electrons. The van der Waals surface area contributed by atoms with Gasteiger partial charge in [-0.1, -0.05) is 30.3 Å². The van der Waals surface area contributed by atoms with Gasteiger partial charge in [-0.15, -0.1) is 0 Å². The topological polar surface area (TPSA) is 65.7 Å². The summed E-state index contributed by atoms with van der Waals surface area (Å²) in [5.41, 5.74) is 1.97. The van der Waals surface area contributed by atoms with Crippen LogP contribution in [0.5, 0.6) is 0 Å². The van der Waals surface area contributed by atoms with Crippen LogP contribution >= 0.6 is 0 Å². The van der Waals surface area contributed by atoms with Crippen molar-refractivity contribution in [3.8, 4) is 0 Å². The third kappa shape index (κ3) is 4.10. The van der Waals surface area contributed by atoms with Gasteiger partial charge in [0.05, 0.1) is 12.1 Å². The molecule has 3 rings (SSSR count). The number of piperidine rings is 1. The van der Waals surface area contributed by atoms with E-state index in [1.54, 1.807) is 0 Å². The van der Waals surface area contributed by atoms with Gasteiger partial charge in [0.25, 0.3) is 0 Å². The van der Waals surface area contributed by atoms with Crippen LogP contribution in [0.1, 0.15) is 54.6 Å². The van der Waals surface area contributed by atoms with Gasteiger partial charge in [0.2, 0.25) is 0 Å². The summed E-state index contributed by atoms with van der Waals surface area (Å²) in [6, 6.07) is 11.6. The summed E-state index contributed by atoms with van der Waals surface area (Å²) in [5, 5.41) is 13.6. The second kappa shape index (κ2) is 7.96. The van der Waals surface area contributed by atoms with Crippen molar-refractivity contribution in [1.82, 2.24) is 10.2 Å². The minimum absolute atomic E-state index is 0.0524. The Morgan fingerprint density at radius 2 is 1.88 bits per heavy atom. The summed E-state index contributed by atoms with van der Waals surface area (Å²) < 4.78 is 5.55. The Hall–Kier alpha value is -2.27. The van der Waals surface area contributed by atoms with E-state index >= 15 is 0 Å². The number of urea groups is 1. The van der Waals surface area contributed by atoms with Crippen LogP contribution in [0, 0.1) is 19.8 Å². The van der Waals surface area contributed by atoms with Crippen molar-refractivity contribution in [2.45, 2.75) is 45.8 Å². The molecule has 1 aromatic heterocycles. The van der Waals surface area contributed by atoms with E-state index in [0.29, 0.717) is 13.1 Å². The molecule has 140 valence electrons. The van der Waals surface area contributed by atoms with Gasteiger partial charge in [0, 0.05) is 18.7 Å². The highest BCUT2D eigenvalue weighted by Crippen LogP contribution is 2.30. The van der Waals surface area contributed by atoms with Crippen LogP contribution in [-0.2, 0) is 0 Å². The van der Waals surface area contributed by atoms with Gasteiger partial charge in [-0.2, -0.15) is 0 Å². The Balaban J connectivity index is 1.53. The van der Waals surface area contributed by atoms with Crippen molar-refractivity contribution in [2.24, 2.45) is 5.92 Å². The second-order valence-electron chi connectivity index (χ2n) is 7.22. The fourth-order valence-electron chi connectivity index (χ4n) is 3.78. The smallest absolute Gasteiger partial charge is 0.317 e. The molecule has 26 heavy (non-hydrogen) atoms. The number of amides is 2. The first-order chi connectivity index (χ1) is 12.5. The zero-order valence-electron chi connectivity index (χ0n) is 15.7. The van der Waals surface area contributed by atoms with Crippen LogP contribution in [-0.4, -0.2) is 29.1 Å². The zero-order chi connectivity index (χ0) is 18.7. The van der Waals surface area contributed by atoms with Gasteiger partial charge in [-0.3, -0.25) is 0 Å². The molecule has 2 aromatic rings. The molecule has 0 saturated carbocycles. The highest BCUT2D eigenvalue weighted by atomic mass is 16.3. The van der Waals surface area contributed by atoms with Gasteiger partial charge in [0.15, 0.2) is 0 Å². The van der Waals surface area contributed by atoms with E-state index in [1.165, 1.54) is 0 Å². The lowest BCUT2D eigenvalue weighted by molar-refractivity contribution is 0.0662. The summed E-state index contributed by atoms with van der Waals surface area (Å²) in [7, 11) is 0. The number of rotatable bonds is 4. The van der Waals surface area contributed by atoms with Gasteiger partial charge in [0.1, 0.15) is 11.5 Å². The van der Waals surface area contributed by atoms with Crippen molar-refractivity contribution in [1.29, 1.82) is 0 Å². The first-order valence-corrected chi connectivity index (χ1v) is 9.31. The Bertz CT molecular complexity index is 733. The maximum Gasteiger partial charge on any atom is 0.317 e. The van der Waals surface area contributed by atoms with Gasteiger partial charge >= 0.3 is 6.03 Å². The second-order valence-corrected chi connectivity index (χ2v) is 7.22. The number of hydrogen-bond acceptors (Lipinski definition) is 3. The molecule has 5 heteroatoms. The largest absolute Gasteiger partial charge is 0.466 e. The molecule has 1 aliphatic rings. The first-order valence-electron chi connectivity index (χ1n) is 9.31. The number of aryl methyl sites for hydroxylation is 2. The van der Waals surface area contributed by atoms with Gasteiger partial charge in [-0.25, -0.2) is 4.79 Å². The molecule has 1 fully saturated rings. The van der Waals surface area contributed by atoms with E-state index in [1.807, 2.05) is 62.1 Å². The average molecular weight is 356 g/mol. The Morgan fingerprint density at radius 1 is 1.23 bits per heavy atom. The molecule has 2 heterocycles. The van der Waals surface area contributed by atoms with Gasteiger partial charge < -0.3 is 19.7 Å². The minimum atomic E-state index is -0.461. The number of furan rings is 1. The standard InChI is InChI=1S/C21H28N2O3/c1-14-13-19(16(3)26-14)15(2)22-21(25)23-11-9-18(10-12-23)20(24)17-7-5-4-6-8-17/h4-8,13,15,18,20,24H,9-12H2,1-3H3,(H,22,25)/t15-,20-/m0/s1. The van der Waals surface area contributed by atoms with E-state index in [9.17, 15) is 9.90 Å². The molecule has 2 atom stereocenters. The number of aliphatic hydroxyl groups is 1. The van der Waals surface area contributed by atoms with Crippen LogP contribution in [0.25, 0.3) is 0 Å². The Kier molecular flexibility index (Phi) is 5.67. The fraction of sp³-hybridized carbons (Fsp3) is 0.476. The number of likely N-dealkylation sites (tertiary alicyclic amines) is 1. The third-order valence-corrected chi connectivity index (χ3v) is 5.30. The number of aliphatic hydroxyl groups excluding tert-OH is 1. The zero-order valence-corrected chi connectivity index (χ0v) is 15.7. The summed E-state index contributed by atoms with van der Waals surface area (Å²) in [4.78, 5) is 14.4. The molecule has 0 spiro atoms. The number of hydrogen-bond donors (Lipinski definition) is 2. The first kappa shape index (κ1) is 18.5. The fourth-order valence-corrected chi connectivity index (χ4v) is 3.78. The summed E-state index contributed by atoms with van der Waals surface area (Å²) in [6.07, 6.45) is 1.15. The number of benzene rings is 1. The molecule has 2 amide bonds. The average Bonchev–Trinajstić information content (AvgIpc) is 3.00. The molecule has 5 nitrogen and oxygen atoms in total. The molecule has 0 aliphatic carbocycles. The number of nitrogens with zero attached hydrogens (tertiary/aromatic N) is 1. The molecular weight excluding hydrogens is 328 g/mol. The molecular formula is C21H28N2O3. The van der Waals surface area contributed by atoms with Crippen LogP contribution in [0.15, 0.2) is 40.8 Å². The van der Waals surface area contributed by atoms with E-state index in [2.05, 4.69) is 5.32 Å². The number of nitrogens with one attached hydrogen (secondary N) is 1. The van der Waals surface area contributed by atoms with E-state index in [4.69, 9.17) is 4.42 Å². The van der Waals surface area contributed by atoms with Crippen LogP contribution < -0.4 is 5.32 Å². The lowest BCUT2D eigenvalue weighted by Gasteiger charge is -2.35. The Morgan fingerprint density at radius 3 is 2.46 bits per heavy atom. The highest BCUT2D eigenvalue weighted by Gasteiger charge is 2.29. The maximum absolute atomic E-state index is 12.6. The van der Waals surface area contributed by atoms with E-state index in [-0.39, 0.29) is 18.0 Å². The molecule has 1 saturated heterocycles. The number of carbonyl (C=O) groups is 1. The van der Waals surface area contributed by atoms with E-state index < -0.39 is 6.10 Å². The number of carbonyl (C=O) groups excluding carboxylic acids is 1. The lowest BCUT2D eigenvalue weighted by Crippen LogP contribution is -2.45. The van der Waals surface area contributed by atoms with Gasteiger partial charge in [-0.05, 0) is 51.2 Å². The molecule has 1 aliphatic heterocycles. The normalized spacial score (nSPS) is 17.8. The summed E-state index contributed by atoms with van der Waals surface area (Å²) >= 11 is 0.